The van der Waals surface area contributed by atoms with Gasteiger partial charge in [0.15, 0.2) is 5.16 Å². The van der Waals surface area contributed by atoms with Crippen molar-refractivity contribution in [2.45, 2.75) is 5.16 Å². The number of thiazole rings is 1. The molecule has 8 nitrogen and oxygen atoms in total. The topological polar surface area (TPSA) is 79.5 Å². The molecule has 1 fully saturated rings. The van der Waals surface area contributed by atoms with Crippen LogP contribution < -0.4 is 4.90 Å². The second-order valence-electron chi connectivity index (χ2n) is 6.38. The summed E-state index contributed by atoms with van der Waals surface area (Å²) >= 11 is 3.05. The predicted molar refractivity (Wildman–Crippen MR) is 110 cm³/mol. The first-order valence-corrected chi connectivity index (χ1v) is 10.7. The van der Waals surface area contributed by atoms with Gasteiger partial charge < -0.3 is 9.80 Å². The highest BCUT2D eigenvalue weighted by Crippen LogP contribution is 2.29. The molecule has 3 aromatic heterocycles. The van der Waals surface area contributed by atoms with Gasteiger partial charge in [-0.05, 0) is 18.2 Å². The fraction of sp³-hybridized carbons (Fsp3) is 0.278. The zero-order valence-corrected chi connectivity index (χ0v) is 16.6. The monoisotopic (exact) mass is 411 g/mol. The van der Waals surface area contributed by atoms with Crippen molar-refractivity contribution in [2.75, 3.05) is 36.8 Å². The molecule has 0 unspecified atom stereocenters. The molecule has 1 aliphatic rings. The van der Waals surface area contributed by atoms with Crippen LogP contribution >= 0.6 is 23.1 Å². The summed E-state index contributed by atoms with van der Waals surface area (Å²) in [7, 11) is 0. The molecule has 4 aromatic rings. The Labute approximate surface area is 169 Å². The number of carbonyl (C=O) groups is 1. The van der Waals surface area contributed by atoms with Crippen LogP contribution in [0.2, 0.25) is 0 Å². The molecule has 0 spiro atoms. The van der Waals surface area contributed by atoms with Gasteiger partial charge in [0.1, 0.15) is 0 Å². The van der Waals surface area contributed by atoms with Crippen molar-refractivity contribution in [3.8, 4) is 0 Å². The summed E-state index contributed by atoms with van der Waals surface area (Å²) in [5.41, 5.74) is 1.08. The van der Waals surface area contributed by atoms with Crippen LogP contribution in [0.5, 0.6) is 0 Å². The van der Waals surface area contributed by atoms with Gasteiger partial charge in [-0.3, -0.25) is 9.20 Å². The van der Waals surface area contributed by atoms with Gasteiger partial charge in [-0.1, -0.05) is 35.2 Å². The summed E-state index contributed by atoms with van der Waals surface area (Å²) in [6, 6.07) is 9.95. The molecule has 0 bridgehead atoms. The van der Waals surface area contributed by atoms with Gasteiger partial charge in [0, 0.05) is 38.6 Å². The Kier molecular flexibility index (Phi) is 4.57. The van der Waals surface area contributed by atoms with Crippen molar-refractivity contribution in [1.82, 2.24) is 29.5 Å². The van der Waals surface area contributed by atoms with E-state index in [1.807, 2.05) is 21.4 Å². The van der Waals surface area contributed by atoms with Gasteiger partial charge in [-0.25, -0.2) is 9.97 Å². The summed E-state index contributed by atoms with van der Waals surface area (Å²) in [6.07, 6.45) is 3.48. The number of para-hydroxylation sites is 1. The lowest BCUT2D eigenvalue weighted by Gasteiger charge is -2.34. The van der Waals surface area contributed by atoms with E-state index in [0.717, 1.165) is 34.7 Å². The van der Waals surface area contributed by atoms with Crippen LogP contribution in [0.4, 0.5) is 5.95 Å². The number of hydrogen-bond donors (Lipinski definition) is 0. The lowest BCUT2D eigenvalue weighted by Crippen LogP contribution is -2.49. The molecule has 5 rings (SSSR count). The van der Waals surface area contributed by atoms with E-state index in [9.17, 15) is 4.79 Å². The summed E-state index contributed by atoms with van der Waals surface area (Å²) < 4.78 is 3.20. The molecule has 1 saturated heterocycles. The van der Waals surface area contributed by atoms with Crippen LogP contribution in [0.1, 0.15) is 0 Å². The first kappa shape index (κ1) is 17.4. The van der Waals surface area contributed by atoms with Gasteiger partial charge in [0.05, 0.1) is 16.0 Å². The average molecular weight is 412 g/mol. The summed E-state index contributed by atoms with van der Waals surface area (Å²) in [6.45, 7) is 2.83. The molecule has 10 heteroatoms. The van der Waals surface area contributed by atoms with Crippen molar-refractivity contribution in [1.29, 1.82) is 0 Å². The Morgan fingerprint density at radius 1 is 1.04 bits per heavy atom. The lowest BCUT2D eigenvalue weighted by atomic mass is 10.3. The molecule has 1 aliphatic heterocycles. The summed E-state index contributed by atoms with van der Waals surface area (Å²) in [5, 5.41) is 9.28. The van der Waals surface area contributed by atoms with E-state index < -0.39 is 0 Å². The fourth-order valence-electron chi connectivity index (χ4n) is 3.28. The molecular weight excluding hydrogens is 394 g/mol. The van der Waals surface area contributed by atoms with Gasteiger partial charge in [-0.15, -0.1) is 10.2 Å². The number of nitrogens with zero attached hydrogens (tertiary/aromatic N) is 7. The normalized spacial score (nSPS) is 14.9. The predicted octanol–water partition coefficient (Wildman–Crippen LogP) is 2.17. The molecule has 0 radical (unpaired) electrons. The number of carbonyl (C=O) groups excluding carboxylic acids is 1. The lowest BCUT2D eigenvalue weighted by molar-refractivity contribution is -0.128. The molecule has 0 saturated carbocycles. The van der Waals surface area contributed by atoms with Gasteiger partial charge in [-0.2, -0.15) is 0 Å². The quantitative estimate of drug-likeness (QED) is 0.476. The van der Waals surface area contributed by atoms with E-state index in [1.165, 1.54) is 16.5 Å². The number of benzene rings is 1. The Balaban J connectivity index is 1.23. The summed E-state index contributed by atoms with van der Waals surface area (Å²) in [4.78, 5) is 26.1. The minimum Gasteiger partial charge on any atom is -0.338 e. The zero-order valence-electron chi connectivity index (χ0n) is 14.9. The Morgan fingerprint density at radius 3 is 2.64 bits per heavy atom. The first-order chi connectivity index (χ1) is 13.8. The second-order valence-corrected chi connectivity index (χ2v) is 8.33. The molecule has 1 amide bonds. The van der Waals surface area contributed by atoms with E-state index in [2.05, 4.69) is 37.2 Å². The number of aromatic nitrogens is 5. The number of rotatable bonds is 4. The highest BCUT2D eigenvalue weighted by molar-refractivity contribution is 7.99. The van der Waals surface area contributed by atoms with Crippen LogP contribution in [0.25, 0.3) is 15.2 Å². The third kappa shape index (κ3) is 3.18. The van der Waals surface area contributed by atoms with Crippen molar-refractivity contribution >= 4 is 50.1 Å². The summed E-state index contributed by atoms with van der Waals surface area (Å²) in [5.74, 6) is 1.20. The van der Waals surface area contributed by atoms with Gasteiger partial charge in [0.25, 0.3) is 0 Å². The minimum absolute atomic E-state index is 0.120. The van der Waals surface area contributed by atoms with Crippen LogP contribution in [-0.2, 0) is 4.79 Å². The Morgan fingerprint density at radius 2 is 1.82 bits per heavy atom. The number of fused-ring (bicyclic) bond motifs is 3. The number of anilines is 1. The van der Waals surface area contributed by atoms with E-state index >= 15 is 0 Å². The molecule has 4 heterocycles. The Hall–Kier alpha value is -2.72. The first-order valence-electron chi connectivity index (χ1n) is 8.95. The maximum atomic E-state index is 12.7. The Bertz CT molecular complexity index is 1120. The van der Waals surface area contributed by atoms with Crippen molar-refractivity contribution < 1.29 is 4.79 Å². The fourth-order valence-corrected chi connectivity index (χ4v) is 5.15. The number of piperazine rings is 1. The zero-order chi connectivity index (χ0) is 18.9. The third-order valence-electron chi connectivity index (χ3n) is 4.70. The van der Waals surface area contributed by atoms with E-state index in [1.54, 1.807) is 29.8 Å². The van der Waals surface area contributed by atoms with Crippen LogP contribution in [0, 0.1) is 0 Å². The maximum Gasteiger partial charge on any atom is 0.233 e. The average Bonchev–Trinajstić information content (AvgIpc) is 3.32. The van der Waals surface area contributed by atoms with Crippen LogP contribution in [-0.4, -0.2) is 67.3 Å². The van der Waals surface area contributed by atoms with E-state index in [0.29, 0.717) is 18.8 Å². The largest absolute Gasteiger partial charge is 0.338 e. The van der Waals surface area contributed by atoms with Crippen LogP contribution in [0.3, 0.4) is 0 Å². The maximum absolute atomic E-state index is 12.7. The molecular formula is C18H17N7OS2. The highest BCUT2D eigenvalue weighted by atomic mass is 32.2. The van der Waals surface area contributed by atoms with E-state index in [4.69, 9.17) is 0 Å². The van der Waals surface area contributed by atoms with E-state index in [-0.39, 0.29) is 5.91 Å². The highest BCUT2D eigenvalue weighted by Gasteiger charge is 2.23. The standard InChI is InChI=1S/C18H17N7OS2/c26-15(23-8-10-24(11-9-23)16-19-6-3-7-20-16)12-27-17-21-22-18-25(17)13-4-1-2-5-14(13)28-18/h1-7H,8-12H2. The number of hydrogen-bond acceptors (Lipinski definition) is 8. The minimum atomic E-state index is 0.120. The second kappa shape index (κ2) is 7.36. The van der Waals surface area contributed by atoms with Crippen molar-refractivity contribution in [2.24, 2.45) is 0 Å². The molecule has 1 aromatic carbocycles. The smallest absolute Gasteiger partial charge is 0.233 e. The van der Waals surface area contributed by atoms with Crippen LogP contribution in [0.15, 0.2) is 47.9 Å². The van der Waals surface area contributed by atoms with Crippen molar-refractivity contribution in [3.05, 3.63) is 42.7 Å². The molecule has 28 heavy (non-hydrogen) atoms. The molecule has 142 valence electrons. The number of amides is 1. The molecule has 0 aliphatic carbocycles. The van der Waals surface area contributed by atoms with Gasteiger partial charge >= 0.3 is 0 Å². The van der Waals surface area contributed by atoms with Crippen molar-refractivity contribution in [3.63, 3.8) is 0 Å². The third-order valence-corrected chi connectivity index (χ3v) is 6.63. The molecule has 0 N–H and O–H groups in total. The SMILES string of the molecule is O=C(CSc1nnc2sc3ccccc3n12)N1CCN(c2ncccn2)CC1. The van der Waals surface area contributed by atoms with Gasteiger partial charge in [0.2, 0.25) is 16.8 Å². The molecule has 0 atom stereocenters. The number of thioether (sulfide) groups is 1.